The van der Waals surface area contributed by atoms with Gasteiger partial charge in [-0.1, -0.05) is 11.6 Å². The molecule has 1 aromatic carbocycles. The average molecular weight is 342 g/mol. The number of anilines is 1. The van der Waals surface area contributed by atoms with E-state index in [4.69, 9.17) is 16.3 Å². The maximum Gasteiger partial charge on any atom is 0.354 e. The van der Waals surface area contributed by atoms with Crippen molar-refractivity contribution in [3.63, 3.8) is 0 Å². The lowest BCUT2D eigenvalue weighted by Gasteiger charge is -2.11. The minimum Gasteiger partial charge on any atom is -0.466 e. The fraction of sp³-hybridized carbons (Fsp3) is 0.267. The van der Waals surface area contributed by atoms with Crippen LogP contribution in [0.4, 0.5) is 5.69 Å². The van der Waals surface area contributed by atoms with Crippen molar-refractivity contribution in [2.24, 2.45) is 0 Å². The predicted octanol–water partition coefficient (Wildman–Crippen LogP) is 2.16. The highest BCUT2D eigenvalue weighted by molar-refractivity contribution is 6.31. The molecule has 0 atom stereocenters. The SMILES string of the molecule is CCOC(=O)c1cc(Cl)cc(N/C(=C/C(=O)OC)C(=O)OC)c1. The molecule has 0 aliphatic rings. The van der Waals surface area contributed by atoms with Gasteiger partial charge < -0.3 is 19.5 Å². The van der Waals surface area contributed by atoms with E-state index in [2.05, 4.69) is 14.8 Å². The van der Waals surface area contributed by atoms with Gasteiger partial charge in [-0.2, -0.15) is 0 Å². The second kappa shape index (κ2) is 8.79. The summed E-state index contributed by atoms with van der Waals surface area (Å²) in [6, 6.07) is 4.32. The molecule has 0 amide bonds. The molecule has 1 rings (SSSR count). The molecule has 0 aliphatic heterocycles. The molecule has 0 saturated heterocycles. The Morgan fingerprint density at radius 1 is 1.17 bits per heavy atom. The lowest BCUT2D eigenvalue weighted by atomic mass is 10.2. The first kappa shape index (κ1) is 18.5. The number of nitrogens with one attached hydrogen (secondary N) is 1. The van der Waals surface area contributed by atoms with Gasteiger partial charge in [-0.05, 0) is 25.1 Å². The van der Waals surface area contributed by atoms with Gasteiger partial charge in [0.05, 0.1) is 32.5 Å². The van der Waals surface area contributed by atoms with Gasteiger partial charge in [0.15, 0.2) is 0 Å². The zero-order valence-electron chi connectivity index (χ0n) is 12.8. The Morgan fingerprint density at radius 2 is 1.87 bits per heavy atom. The Morgan fingerprint density at radius 3 is 2.43 bits per heavy atom. The second-order valence-corrected chi connectivity index (χ2v) is 4.58. The van der Waals surface area contributed by atoms with E-state index in [-0.39, 0.29) is 22.9 Å². The molecule has 0 spiro atoms. The molecule has 0 aliphatic carbocycles. The van der Waals surface area contributed by atoms with Crippen LogP contribution in [-0.2, 0) is 23.8 Å². The van der Waals surface area contributed by atoms with Crippen LogP contribution in [0.3, 0.4) is 0 Å². The van der Waals surface area contributed by atoms with E-state index in [0.717, 1.165) is 13.2 Å². The van der Waals surface area contributed by atoms with E-state index in [9.17, 15) is 14.4 Å². The summed E-state index contributed by atoms with van der Waals surface area (Å²) in [5, 5.41) is 2.92. The van der Waals surface area contributed by atoms with Gasteiger partial charge in [0, 0.05) is 10.7 Å². The summed E-state index contributed by atoms with van der Waals surface area (Å²) < 4.78 is 13.9. The lowest BCUT2D eigenvalue weighted by Crippen LogP contribution is -2.16. The van der Waals surface area contributed by atoms with E-state index in [0.29, 0.717) is 5.69 Å². The molecule has 23 heavy (non-hydrogen) atoms. The Hall–Kier alpha value is -2.54. The highest BCUT2D eigenvalue weighted by atomic mass is 35.5. The monoisotopic (exact) mass is 341 g/mol. The average Bonchev–Trinajstić information content (AvgIpc) is 2.52. The smallest absolute Gasteiger partial charge is 0.354 e. The first-order chi connectivity index (χ1) is 10.9. The van der Waals surface area contributed by atoms with E-state index in [1.54, 1.807) is 6.92 Å². The van der Waals surface area contributed by atoms with Gasteiger partial charge in [-0.3, -0.25) is 0 Å². The molecule has 0 unspecified atom stereocenters. The second-order valence-electron chi connectivity index (χ2n) is 4.15. The van der Waals surface area contributed by atoms with Crippen molar-refractivity contribution >= 4 is 35.2 Å². The molecule has 0 aromatic heterocycles. The predicted molar refractivity (Wildman–Crippen MR) is 83.1 cm³/mol. The van der Waals surface area contributed by atoms with Gasteiger partial charge in [0.25, 0.3) is 0 Å². The van der Waals surface area contributed by atoms with Crippen molar-refractivity contribution in [3.05, 3.63) is 40.6 Å². The molecule has 0 radical (unpaired) electrons. The Balaban J connectivity index is 3.13. The summed E-state index contributed by atoms with van der Waals surface area (Å²) in [5.41, 5.74) is 0.335. The van der Waals surface area contributed by atoms with E-state index < -0.39 is 17.9 Å². The highest BCUT2D eigenvalue weighted by Gasteiger charge is 2.15. The van der Waals surface area contributed by atoms with Gasteiger partial charge in [-0.15, -0.1) is 0 Å². The van der Waals surface area contributed by atoms with Crippen LogP contribution in [-0.4, -0.2) is 38.7 Å². The number of hydrogen-bond acceptors (Lipinski definition) is 7. The van der Waals surface area contributed by atoms with Crippen LogP contribution in [0.25, 0.3) is 0 Å². The molecule has 7 nitrogen and oxygen atoms in total. The molecular weight excluding hydrogens is 326 g/mol. The Bertz CT molecular complexity index is 641. The normalized spacial score (nSPS) is 10.7. The Kier molecular flexibility index (Phi) is 7.08. The summed E-state index contributed by atoms with van der Waals surface area (Å²) in [7, 11) is 2.34. The number of carbonyl (C=O) groups is 3. The lowest BCUT2D eigenvalue weighted by molar-refractivity contribution is -0.138. The van der Waals surface area contributed by atoms with Gasteiger partial charge in [0.1, 0.15) is 5.70 Å². The third kappa shape index (κ3) is 5.63. The fourth-order valence-electron chi connectivity index (χ4n) is 1.58. The molecule has 124 valence electrons. The molecule has 0 heterocycles. The van der Waals surface area contributed by atoms with E-state index in [1.165, 1.54) is 25.3 Å². The minimum atomic E-state index is -0.784. The molecule has 1 N–H and O–H groups in total. The zero-order valence-corrected chi connectivity index (χ0v) is 13.6. The first-order valence-electron chi connectivity index (χ1n) is 6.54. The largest absolute Gasteiger partial charge is 0.466 e. The maximum absolute atomic E-state index is 11.8. The van der Waals surface area contributed by atoms with E-state index in [1.807, 2.05) is 0 Å². The number of ether oxygens (including phenoxy) is 3. The molecule has 8 heteroatoms. The fourth-order valence-corrected chi connectivity index (χ4v) is 1.82. The quantitative estimate of drug-likeness (QED) is 0.481. The van der Waals surface area contributed by atoms with Crippen molar-refractivity contribution in [2.75, 3.05) is 26.1 Å². The third-order valence-corrected chi connectivity index (χ3v) is 2.77. The van der Waals surface area contributed by atoms with Crippen LogP contribution in [0.1, 0.15) is 17.3 Å². The van der Waals surface area contributed by atoms with Crippen LogP contribution in [0.15, 0.2) is 30.0 Å². The number of rotatable bonds is 6. The van der Waals surface area contributed by atoms with Crippen molar-refractivity contribution in [3.8, 4) is 0 Å². The molecule has 1 aromatic rings. The van der Waals surface area contributed by atoms with Gasteiger partial charge in [-0.25, -0.2) is 14.4 Å². The van der Waals surface area contributed by atoms with Gasteiger partial charge in [0.2, 0.25) is 0 Å². The van der Waals surface area contributed by atoms with Crippen LogP contribution in [0.5, 0.6) is 0 Å². The van der Waals surface area contributed by atoms with Crippen LogP contribution >= 0.6 is 11.6 Å². The topological polar surface area (TPSA) is 90.9 Å². The molecule has 0 saturated carbocycles. The maximum atomic E-state index is 11.8. The summed E-state index contributed by atoms with van der Waals surface area (Å²) in [6.45, 7) is 1.89. The number of esters is 3. The molecule has 0 bridgehead atoms. The Labute approximate surface area is 138 Å². The summed E-state index contributed by atoms with van der Waals surface area (Å²) >= 11 is 5.95. The minimum absolute atomic E-state index is 0.170. The van der Waals surface area contributed by atoms with Crippen molar-refractivity contribution in [1.82, 2.24) is 0 Å². The zero-order chi connectivity index (χ0) is 17.4. The number of halogens is 1. The van der Waals surface area contributed by atoms with Crippen molar-refractivity contribution < 1.29 is 28.6 Å². The number of hydrogen-bond donors (Lipinski definition) is 1. The van der Waals surface area contributed by atoms with Crippen LogP contribution in [0.2, 0.25) is 5.02 Å². The van der Waals surface area contributed by atoms with E-state index >= 15 is 0 Å². The first-order valence-corrected chi connectivity index (χ1v) is 6.91. The summed E-state index contributed by atoms with van der Waals surface area (Å²) in [6.07, 6.45) is 0.927. The highest BCUT2D eigenvalue weighted by Crippen LogP contribution is 2.21. The third-order valence-electron chi connectivity index (χ3n) is 2.56. The van der Waals surface area contributed by atoms with Crippen molar-refractivity contribution in [2.45, 2.75) is 6.92 Å². The number of carbonyl (C=O) groups excluding carboxylic acids is 3. The van der Waals surface area contributed by atoms with Crippen LogP contribution < -0.4 is 5.32 Å². The number of methoxy groups -OCH3 is 2. The number of benzene rings is 1. The molecule has 0 fully saturated rings. The standard InChI is InChI=1S/C15H16ClNO6/c1-4-23-14(19)9-5-10(16)7-11(6-9)17-12(15(20)22-3)8-13(18)21-2/h5-8,17H,4H2,1-3H3/b12-8+. The van der Waals surface area contributed by atoms with Crippen LogP contribution in [0, 0.1) is 0 Å². The summed E-state index contributed by atoms with van der Waals surface area (Å²) in [4.78, 5) is 34.8. The van der Waals surface area contributed by atoms with Gasteiger partial charge >= 0.3 is 17.9 Å². The summed E-state index contributed by atoms with van der Waals surface area (Å²) in [5.74, 6) is -2.09. The van der Waals surface area contributed by atoms with Crippen molar-refractivity contribution in [1.29, 1.82) is 0 Å². The molecular formula is C15H16ClNO6.